The predicted molar refractivity (Wildman–Crippen MR) is 160 cm³/mol. The van der Waals surface area contributed by atoms with Gasteiger partial charge >= 0.3 is 0 Å². The molecule has 5 aromatic rings. The zero-order chi connectivity index (χ0) is 26.0. The lowest BCUT2D eigenvalue weighted by Gasteiger charge is -2.27. The number of benzene rings is 2. The maximum absolute atomic E-state index is 11.5. The average molecular weight is 645 g/mol. The quantitative estimate of drug-likeness (QED) is 0.213. The second kappa shape index (κ2) is 9.08. The molecule has 2 aromatic carbocycles. The highest BCUT2D eigenvalue weighted by Crippen LogP contribution is 2.44. The number of hydrogen-bond acceptors (Lipinski definition) is 5. The molecule has 0 bridgehead atoms. The Hall–Kier alpha value is -2.00. The van der Waals surface area contributed by atoms with E-state index < -0.39 is 0 Å². The lowest BCUT2D eigenvalue weighted by atomic mass is 9.80. The Morgan fingerprint density at radius 3 is 1.64 bits per heavy atom. The molecule has 36 heavy (non-hydrogen) atoms. The fourth-order valence-corrected chi connectivity index (χ4v) is 7.44. The normalized spacial score (nSPS) is 12.6. The molecule has 0 fully saturated rings. The molecule has 0 saturated heterocycles. The van der Waals surface area contributed by atoms with Crippen LogP contribution in [0.4, 0.5) is 0 Å². The molecule has 1 N–H and O–H groups in total. The first-order valence-corrected chi connectivity index (χ1v) is 15.0. The maximum atomic E-state index is 11.5. The number of rotatable bonds is 3. The van der Waals surface area contributed by atoms with Crippen LogP contribution in [0.3, 0.4) is 0 Å². The van der Waals surface area contributed by atoms with Crippen LogP contribution in [0.25, 0.3) is 37.6 Å². The Balaban J connectivity index is 1.84. The molecule has 0 aliphatic heterocycles. The van der Waals surface area contributed by atoms with Crippen molar-refractivity contribution in [3.8, 4) is 32.3 Å². The highest BCUT2D eigenvalue weighted by molar-refractivity contribution is 9.11. The average Bonchev–Trinajstić information content (AvgIpc) is 3.51. The summed E-state index contributed by atoms with van der Waals surface area (Å²) in [6, 6.07) is 12.5. The van der Waals surface area contributed by atoms with E-state index in [2.05, 4.69) is 102 Å². The summed E-state index contributed by atoms with van der Waals surface area (Å²) in [5.41, 5.74) is 5.88. The third kappa shape index (κ3) is 4.46. The van der Waals surface area contributed by atoms with Gasteiger partial charge in [-0.15, -0.1) is 37.7 Å². The molecule has 0 spiro atoms. The van der Waals surface area contributed by atoms with E-state index in [1.807, 2.05) is 18.2 Å². The molecule has 4 nitrogen and oxygen atoms in total. The molecule has 3 heterocycles. The fourth-order valence-electron chi connectivity index (χ4n) is 4.22. The number of aromatic nitrogens is 3. The fraction of sp³-hybridized carbons (Fsp3) is 0.286. The molecule has 0 aliphatic rings. The summed E-state index contributed by atoms with van der Waals surface area (Å²) < 4.78 is 2.06. The Kier molecular flexibility index (Phi) is 6.47. The lowest BCUT2D eigenvalue weighted by molar-refractivity contribution is 0.438. The standard InChI is InChI=1S/C28H27Br2N3OS2/c1-27(2,3)15-13-18(28(4,5)6)24(34)21(14-15)33-31-22-16(25-19(29)9-11-35-25)7-8-17(23(22)32-33)26-20(30)10-12-36-26/h7-14,34H,1-6H3. The van der Waals surface area contributed by atoms with Crippen LogP contribution in [0.5, 0.6) is 5.75 Å². The maximum Gasteiger partial charge on any atom is 0.146 e. The van der Waals surface area contributed by atoms with Gasteiger partial charge in [0.15, 0.2) is 0 Å². The zero-order valence-electron chi connectivity index (χ0n) is 21.0. The van der Waals surface area contributed by atoms with E-state index in [4.69, 9.17) is 10.2 Å². The van der Waals surface area contributed by atoms with Crippen LogP contribution >= 0.6 is 54.5 Å². The van der Waals surface area contributed by atoms with Crippen LogP contribution in [0.15, 0.2) is 56.1 Å². The minimum atomic E-state index is -0.243. The predicted octanol–water partition coefficient (Wildman–Crippen LogP) is 9.70. The van der Waals surface area contributed by atoms with Crippen molar-refractivity contribution < 1.29 is 5.11 Å². The molecule has 5 rings (SSSR count). The number of nitrogens with zero attached hydrogens (tertiary/aromatic N) is 3. The number of halogens is 2. The number of phenols is 1. The van der Waals surface area contributed by atoms with E-state index in [1.165, 1.54) is 0 Å². The molecule has 186 valence electrons. The molecule has 0 aliphatic carbocycles. The lowest BCUT2D eigenvalue weighted by Crippen LogP contribution is -2.18. The Morgan fingerprint density at radius 1 is 0.750 bits per heavy atom. The second-order valence-corrected chi connectivity index (χ2v) is 14.5. The van der Waals surface area contributed by atoms with E-state index in [0.29, 0.717) is 5.69 Å². The Labute approximate surface area is 236 Å². The van der Waals surface area contributed by atoms with Gasteiger partial charge in [-0.05, 0) is 77.2 Å². The second-order valence-electron chi connectivity index (χ2n) is 10.9. The number of hydrogen-bond donors (Lipinski definition) is 1. The number of fused-ring (bicyclic) bond motifs is 1. The molecule has 0 atom stereocenters. The zero-order valence-corrected chi connectivity index (χ0v) is 25.8. The number of aromatic hydroxyl groups is 1. The SMILES string of the molecule is CC(C)(C)c1cc(-n2nc3c(-c4sccc4Br)ccc(-c4sccc4Br)c3n2)c(O)c(C(C)(C)C)c1. The highest BCUT2D eigenvalue weighted by Gasteiger charge is 2.27. The third-order valence-electron chi connectivity index (χ3n) is 6.24. The topological polar surface area (TPSA) is 50.9 Å². The minimum absolute atomic E-state index is 0.102. The molecule has 8 heteroatoms. The van der Waals surface area contributed by atoms with E-state index in [9.17, 15) is 5.11 Å². The van der Waals surface area contributed by atoms with Crippen LogP contribution in [0.1, 0.15) is 52.7 Å². The minimum Gasteiger partial charge on any atom is -0.505 e. The van der Waals surface area contributed by atoms with Crippen molar-refractivity contribution >= 4 is 65.6 Å². The van der Waals surface area contributed by atoms with Crippen LogP contribution < -0.4 is 0 Å². The summed E-state index contributed by atoms with van der Waals surface area (Å²) in [4.78, 5) is 3.82. The first kappa shape index (κ1) is 25.6. The molecular formula is C28H27Br2N3OS2. The van der Waals surface area contributed by atoms with Gasteiger partial charge in [0.25, 0.3) is 0 Å². The van der Waals surface area contributed by atoms with Crippen molar-refractivity contribution in [1.29, 1.82) is 0 Å². The molecule has 0 unspecified atom stereocenters. The Bertz CT molecular complexity index is 1520. The summed E-state index contributed by atoms with van der Waals surface area (Å²) in [5, 5.41) is 25.6. The summed E-state index contributed by atoms with van der Waals surface area (Å²) in [7, 11) is 0. The molecular weight excluding hydrogens is 618 g/mol. The van der Waals surface area contributed by atoms with Gasteiger partial charge in [-0.25, -0.2) is 0 Å². The van der Waals surface area contributed by atoms with Crippen LogP contribution in [0, 0.1) is 0 Å². The molecule has 0 radical (unpaired) electrons. The van der Waals surface area contributed by atoms with Gasteiger partial charge in [0, 0.05) is 25.6 Å². The van der Waals surface area contributed by atoms with Crippen molar-refractivity contribution in [2.75, 3.05) is 0 Å². The first-order valence-electron chi connectivity index (χ1n) is 11.6. The number of thiophene rings is 2. The molecule has 0 amide bonds. The van der Waals surface area contributed by atoms with Crippen LogP contribution in [0.2, 0.25) is 0 Å². The smallest absolute Gasteiger partial charge is 0.146 e. The van der Waals surface area contributed by atoms with Crippen molar-refractivity contribution in [2.24, 2.45) is 0 Å². The molecule has 0 saturated carbocycles. The van der Waals surface area contributed by atoms with Crippen molar-refractivity contribution in [3.05, 3.63) is 67.2 Å². The van der Waals surface area contributed by atoms with Gasteiger partial charge in [0.2, 0.25) is 0 Å². The van der Waals surface area contributed by atoms with E-state index in [1.54, 1.807) is 27.5 Å². The highest BCUT2D eigenvalue weighted by atomic mass is 79.9. The van der Waals surface area contributed by atoms with E-state index >= 15 is 0 Å². The van der Waals surface area contributed by atoms with Gasteiger partial charge in [0.1, 0.15) is 22.5 Å². The third-order valence-corrected chi connectivity index (χ3v) is 9.99. The van der Waals surface area contributed by atoms with E-state index in [-0.39, 0.29) is 16.6 Å². The monoisotopic (exact) mass is 643 g/mol. The van der Waals surface area contributed by atoms with Gasteiger partial charge in [0.05, 0.1) is 9.75 Å². The summed E-state index contributed by atoms with van der Waals surface area (Å²) in [6.07, 6.45) is 0. The van der Waals surface area contributed by atoms with Gasteiger partial charge in [-0.2, -0.15) is 0 Å². The summed E-state index contributed by atoms with van der Waals surface area (Å²) >= 11 is 10.7. The van der Waals surface area contributed by atoms with Crippen LogP contribution in [-0.2, 0) is 10.8 Å². The Morgan fingerprint density at radius 2 is 1.25 bits per heavy atom. The first-order chi connectivity index (χ1) is 16.9. The van der Waals surface area contributed by atoms with Crippen molar-refractivity contribution in [2.45, 2.75) is 52.4 Å². The summed E-state index contributed by atoms with van der Waals surface area (Å²) in [5.74, 6) is 0.216. The van der Waals surface area contributed by atoms with Crippen LogP contribution in [-0.4, -0.2) is 20.1 Å². The van der Waals surface area contributed by atoms with Crippen molar-refractivity contribution in [3.63, 3.8) is 0 Å². The van der Waals surface area contributed by atoms with Gasteiger partial charge < -0.3 is 5.11 Å². The summed E-state index contributed by atoms with van der Waals surface area (Å²) in [6.45, 7) is 12.9. The van der Waals surface area contributed by atoms with E-state index in [0.717, 1.165) is 52.0 Å². The number of phenolic OH excluding ortho intramolecular Hbond substituents is 1. The van der Waals surface area contributed by atoms with Crippen molar-refractivity contribution in [1.82, 2.24) is 15.0 Å². The van der Waals surface area contributed by atoms with Gasteiger partial charge in [-0.1, -0.05) is 59.7 Å². The largest absolute Gasteiger partial charge is 0.505 e. The molecule has 3 aromatic heterocycles. The van der Waals surface area contributed by atoms with Gasteiger partial charge in [-0.3, -0.25) is 0 Å².